The number of nitrogen functional groups attached to an aromatic ring is 1. The van der Waals surface area contributed by atoms with E-state index in [2.05, 4.69) is 54.8 Å². The molecule has 0 atom stereocenters. The minimum atomic E-state index is -1.17. The van der Waals surface area contributed by atoms with Crippen LogP contribution in [0.2, 0.25) is 0 Å². The van der Waals surface area contributed by atoms with E-state index in [0.29, 0.717) is 22.9 Å². The monoisotopic (exact) mass is 512 g/mol. The normalized spacial score (nSPS) is 10.2. The molecular weight excluding hydrogens is 492 g/mol. The number of rotatable bonds is 3. The molecule has 0 aliphatic heterocycles. The maximum atomic E-state index is 11.3. The number of aromatic amines is 1. The number of esters is 2. The first kappa shape index (κ1) is 26.1. The van der Waals surface area contributed by atoms with Crippen molar-refractivity contribution in [2.24, 2.45) is 0 Å². The highest BCUT2D eigenvalue weighted by Gasteiger charge is 2.13. The molecule has 0 fully saturated rings. The fourth-order valence-corrected chi connectivity index (χ4v) is 2.72. The number of aryl methyl sites for hydroxylation is 2. The summed E-state index contributed by atoms with van der Waals surface area (Å²) in [7, 11) is 2.63. The second kappa shape index (κ2) is 11.3. The molecule has 5 aromatic rings. The van der Waals surface area contributed by atoms with Crippen LogP contribution in [0.5, 0.6) is 0 Å². The Hall–Kier alpha value is -5.55. The van der Waals surface area contributed by atoms with E-state index in [9.17, 15) is 14.4 Å². The summed E-state index contributed by atoms with van der Waals surface area (Å²) in [4.78, 5) is 51.7. The Bertz CT molecular complexity index is 1570. The van der Waals surface area contributed by atoms with Gasteiger partial charge in [-0.3, -0.25) is 5.10 Å². The van der Waals surface area contributed by atoms with Gasteiger partial charge in [0.2, 0.25) is 11.8 Å². The van der Waals surface area contributed by atoms with Gasteiger partial charge in [0, 0.05) is 11.4 Å². The molecule has 5 rings (SSSR count). The van der Waals surface area contributed by atoms with Gasteiger partial charge in [-0.1, -0.05) is 0 Å². The van der Waals surface area contributed by atoms with E-state index < -0.39 is 17.9 Å². The van der Waals surface area contributed by atoms with Crippen LogP contribution in [0, 0.1) is 13.8 Å². The number of aromatic nitrogens is 11. The van der Waals surface area contributed by atoms with E-state index in [1.165, 1.54) is 31.4 Å². The fourth-order valence-electron chi connectivity index (χ4n) is 2.72. The van der Waals surface area contributed by atoms with E-state index in [1.54, 1.807) is 23.6 Å². The molecule has 0 amide bonds. The summed E-state index contributed by atoms with van der Waals surface area (Å²) < 4.78 is 12.1. The van der Waals surface area contributed by atoms with Gasteiger partial charge in [0.15, 0.2) is 11.4 Å². The molecule has 4 N–H and O–H groups in total. The molecule has 18 nitrogen and oxygen atoms in total. The lowest BCUT2D eigenvalue weighted by atomic mass is 10.3. The molecule has 0 aliphatic carbocycles. The highest BCUT2D eigenvalue weighted by Crippen LogP contribution is 2.06. The van der Waals surface area contributed by atoms with Crippen LogP contribution in [0.4, 0.5) is 5.95 Å². The topological polar surface area (TPSA) is 244 Å². The van der Waals surface area contributed by atoms with Crippen molar-refractivity contribution in [3.63, 3.8) is 0 Å². The second-order valence-corrected chi connectivity index (χ2v) is 6.84. The minimum Gasteiger partial charge on any atom is -0.475 e. The first-order valence-corrected chi connectivity index (χ1v) is 10.1. The van der Waals surface area contributed by atoms with Crippen molar-refractivity contribution in [3.8, 4) is 0 Å². The standard InChI is InChI=1S/2C8H8N4O2.C3H4N4O2/c1-5-3-6(7(13)14-2)11-8-9-4-10-12(5)8;1-5-3-6(7(13)14-2)12-8(11-5)9-4-10-12;4-3-5-1(2(8)9)6-7-3/h2*3-4H,1-2H3;(H,8,9)(H3,4,5,6,7). The number of anilines is 1. The molecule has 0 saturated heterocycles. The van der Waals surface area contributed by atoms with Gasteiger partial charge in [0.05, 0.1) is 14.2 Å². The number of aromatic carboxylic acids is 1. The number of nitrogens with zero attached hydrogens (tertiary/aromatic N) is 10. The molecule has 5 heterocycles. The zero-order valence-electron chi connectivity index (χ0n) is 19.8. The average Bonchev–Trinajstić information content (AvgIpc) is 3.64. The maximum absolute atomic E-state index is 11.3. The first-order chi connectivity index (χ1) is 17.6. The minimum absolute atomic E-state index is 0.0626. The first-order valence-electron chi connectivity index (χ1n) is 10.1. The molecule has 5 aromatic heterocycles. The van der Waals surface area contributed by atoms with Crippen LogP contribution in [0.1, 0.15) is 43.0 Å². The van der Waals surface area contributed by atoms with Crippen molar-refractivity contribution < 1.29 is 29.0 Å². The molecular formula is C19H20N12O6. The number of carboxylic acid groups (broad SMARTS) is 1. The van der Waals surface area contributed by atoms with Gasteiger partial charge in [-0.25, -0.2) is 28.9 Å². The van der Waals surface area contributed by atoms with E-state index in [4.69, 9.17) is 10.8 Å². The van der Waals surface area contributed by atoms with Crippen LogP contribution >= 0.6 is 0 Å². The molecule has 0 bridgehead atoms. The summed E-state index contributed by atoms with van der Waals surface area (Å²) in [6, 6.07) is 3.21. The van der Waals surface area contributed by atoms with Crippen molar-refractivity contribution in [1.82, 2.24) is 54.3 Å². The van der Waals surface area contributed by atoms with E-state index in [-0.39, 0.29) is 17.5 Å². The highest BCUT2D eigenvalue weighted by molar-refractivity contribution is 5.88. The molecule has 0 saturated carbocycles. The predicted molar refractivity (Wildman–Crippen MR) is 121 cm³/mol. The largest absolute Gasteiger partial charge is 0.475 e. The molecule has 0 aromatic carbocycles. The Morgan fingerprint density at radius 2 is 1.54 bits per heavy atom. The van der Waals surface area contributed by atoms with E-state index in [1.807, 2.05) is 6.92 Å². The molecule has 37 heavy (non-hydrogen) atoms. The predicted octanol–water partition coefficient (Wildman–Crippen LogP) is -0.476. The number of carbonyl (C=O) groups excluding carboxylic acids is 2. The van der Waals surface area contributed by atoms with Crippen molar-refractivity contribution >= 4 is 35.4 Å². The summed E-state index contributed by atoms with van der Waals surface area (Å²) >= 11 is 0. The number of hydrogen-bond donors (Lipinski definition) is 3. The Labute approximate surface area is 206 Å². The lowest BCUT2D eigenvalue weighted by Crippen LogP contribution is -2.10. The SMILES string of the molecule is COC(=O)c1cc(C)n2ncnc2n1.COC(=O)c1cc(C)nc2ncnn12.Nc1n[nH]c(C(=O)O)n1. The summed E-state index contributed by atoms with van der Waals surface area (Å²) in [5, 5.41) is 21.4. The van der Waals surface area contributed by atoms with Gasteiger partial charge in [-0.2, -0.15) is 29.7 Å². The van der Waals surface area contributed by atoms with E-state index in [0.717, 1.165) is 5.69 Å². The Morgan fingerprint density at radius 1 is 0.919 bits per heavy atom. The Morgan fingerprint density at radius 3 is 2.08 bits per heavy atom. The Balaban J connectivity index is 0.000000159. The zero-order chi connectivity index (χ0) is 27.1. The molecule has 192 valence electrons. The number of H-pyrrole nitrogens is 1. The van der Waals surface area contributed by atoms with Crippen LogP contribution in [-0.4, -0.2) is 91.6 Å². The molecule has 0 radical (unpaired) electrons. The molecule has 0 aliphatic rings. The number of nitrogens with two attached hydrogens (primary N) is 1. The van der Waals surface area contributed by atoms with Crippen LogP contribution < -0.4 is 5.73 Å². The van der Waals surface area contributed by atoms with Gasteiger partial charge in [0.1, 0.15) is 12.7 Å². The molecule has 18 heteroatoms. The van der Waals surface area contributed by atoms with Crippen molar-refractivity contribution in [2.45, 2.75) is 13.8 Å². The van der Waals surface area contributed by atoms with Gasteiger partial charge in [-0.05, 0) is 26.0 Å². The van der Waals surface area contributed by atoms with Crippen LogP contribution in [0.3, 0.4) is 0 Å². The van der Waals surface area contributed by atoms with Gasteiger partial charge < -0.3 is 20.3 Å². The highest BCUT2D eigenvalue weighted by atomic mass is 16.5. The lowest BCUT2D eigenvalue weighted by Gasteiger charge is -2.01. The summed E-state index contributed by atoms with van der Waals surface area (Å²) in [6.07, 6.45) is 2.73. The van der Waals surface area contributed by atoms with Crippen LogP contribution in [0.25, 0.3) is 11.6 Å². The third-order valence-electron chi connectivity index (χ3n) is 4.30. The van der Waals surface area contributed by atoms with Crippen LogP contribution in [-0.2, 0) is 9.47 Å². The number of nitrogens with one attached hydrogen (secondary N) is 1. The fraction of sp³-hybridized carbons (Fsp3) is 0.211. The number of fused-ring (bicyclic) bond motifs is 2. The lowest BCUT2D eigenvalue weighted by molar-refractivity contribution is 0.0583. The van der Waals surface area contributed by atoms with Crippen molar-refractivity contribution in [1.29, 1.82) is 0 Å². The number of hydrogen-bond acceptors (Lipinski definition) is 14. The van der Waals surface area contributed by atoms with Crippen molar-refractivity contribution in [3.05, 3.63) is 53.4 Å². The number of methoxy groups -OCH3 is 2. The quantitative estimate of drug-likeness (QED) is 0.258. The average molecular weight is 512 g/mol. The van der Waals surface area contributed by atoms with Gasteiger partial charge >= 0.3 is 17.9 Å². The molecule has 0 spiro atoms. The number of ether oxygens (including phenoxy) is 2. The van der Waals surface area contributed by atoms with Gasteiger partial charge in [0.25, 0.3) is 11.6 Å². The second-order valence-electron chi connectivity index (χ2n) is 6.84. The van der Waals surface area contributed by atoms with E-state index >= 15 is 0 Å². The van der Waals surface area contributed by atoms with Crippen molar-refractivity contribution in [2.75, 3.05) is 20.0 Å². The van der Waals surface area contributed by atoms with Crippen LogP contribution in [0.15, 0.2) is 24.8 Å². The number of carboxylic acids is 1. The smallest absolute Gasteiger partial charge is 0.373 e. The summed E-state index contributed by atoms with van der Waals surface area (Å²) in [5.41, 5.74) is 7.05. The molecule has 0 unspecified atom stereocenters. The van der Waals surface area contributed by atoms with Gasteiger partial charge in [-0.15, -0.1) is 5.10 Å². The number of carbonyl (C=O) groups is 3. The Kier molecular flexibility index (Phi) is 7.92. The summed E-state index contributed by atoms with van der Waals surface area (Å²) in [6.45, 7) is 3.59. The zero-order valence-corrected chi connectivity index (χ0v) is 19.8. The third-order valence-corrected chi connectivity index (χ3v) is 4.30. The third kappa shape index (κ3) is 6.12. The summed E-state index contributed by atoms with van der Waals surface area (Å²) in [5.74, 6) is -1.61. The maximum Gasteiger partial charge on any atom is 0.373 e.